The molecule has 0 heterocycles. The number of benzene rings is 2. The maximum absolute atomic E-state index is 9.97. The molecule has 0 amide bonds. The minimum Gasteiger partial charge on any atom is -0.491 e. The SMILES string of the molecule is Cc1ccc(NCC(O)COc2cccc(Cl)c2)c(C)c1. The highest BCUT2D eigenvalue weighted by Gasteiger charge is 2.06. The number of hydrogen-bond donors (Lipinski definition) is 2. The molecular weight excluding hydrogens is 286 g/mol. The zero-order valence-corrected chi connectivity index (χ0v) is 13.0. The van der Waals surface area contributed by atoms with Gasteiger partial charge >= 0.3 is 0 Å². The van der Waals surface area contributed by atoms with Crippen molar-refractivity contribution in [2.45, 2.75) is 20.0 Å². The standard InChI is InChI=1S/C17H20ClNO2/c1-12-6-7-17(13(2)8-12)19-10-15(20)11-21-16-5-3-4-14(18)9-16/h3-9,15,19-20H,10-11H2,1-2H3. The van der Waals surface area contributed by atoms with Crippen molar-refractivity contribution in [3.05, 3.63) is 58.6 Å². The maximum atomic E-state index is 9.97. The lowest BCUT2D eigenvalue weighted by Gasteiger charge is -2.15. The Bertz CT molecular complexity index is 601. The van der Waals surface area contributed by atoms with Crippen molar-refractivity contribution in [2.75, 3.05) is 18.5 Å². The summed E-state index contributed by atoms with van der Waals surface area (Å²) in [5.74, 6) is 0.660. The predicted octanol–water partition coefficient (Wildman–Crippen LogP) is 3.81. The first-order chi connectivity index (χ1) is 10.0. The summed E-state index contributed by atoms with van der Waals surface area (Å²) in [6.45, 7) is 4.76. The van der Waals surface area contributed by atoms with Gasteiger partial charge in [-0.25, -0.2) is 0 Å². The van der Waals surface area contributed by atoms with E-state index >= 15 is 0 Å². The second-order valence-corrected chi connectivity index (χ2v) is 5.56. The van der Waals surface area contributed by atoms with Gasteiger partial charge in [0.05, 0.1) is 0 Å². The molecule has 112 valence electrons. The van der Waals surface area contributed by atoms with Crippen LogP contribution in [0.1, 0.15) is 11.1 Å². The summed E-state index contributed by atoms with van der Waals surface area (Å²) in [6.07, 6.45) is -0.593. The van der Waals surface area contributed by atoms with Crippen LogP contribution in [0, 0.1) is 13.8 Å². The number of aliphatic hydroxyl groups is 1. The van der Waals surface area contributed by atoms with Crippen LogP contribution in [-0.2, 0) is 0 Å². The van der Waals surface area contributed by atoms with Crippen LogP contribution >= 0.6 is 11.6 Å². The first kappa shape index (κ1) is 15.7. The largest absolute Gasteiger partial charge is 0.491 e. The summed E-state index contributed by atoms with van der Waals surface area (Å²) >= 11 is 5.88. The average molecular weight is 306 g/mol. The zero-order valence-electron chi connectivity index (χ0n) is 12.3. The Balaban J connectivity index is 1.80. The Morgan fingerprint density at radius 3 is 2.71 bits per heavy atom. The predicted molar refractivity (Wildman–Crippen MR) is 87.4 cm³/mol. The number of rotatable bonds is 6. The Labute approximate surface area is 130 Å². The molecule has 0 spiro atoms. The van der Waals surface area contributed by atoms with Gasteiger partial charge in [-0.1, -0.05) is 35.4 Å². The number of aliphatic hydroxyl groups excluding tert-OH is 1. The summed E-state index contributed by atoms with van der Waals surface area (Å²) in [6, 6.07) is 13.3. The van der Waals surface area contributed by atoms with E-state index in [0.717, 1.165) is 11.3 Å². The van der Waals surface area contributed by atoms with Crippen molar-refractivity contribution >= 4 is 17.3 Å². The lowest BCUT2D eigenvalue weighted by atomic mass is 10.1. The van der Waals surface area contributed by atoms with E-state index in [1.54, 1.807) is 12.1 Å². The van der Waals surface area contributed by atoms with Crippen molar-refractivity contribution < 1.29 is 9.84 Å². The van der Waals surface area contributed by atoms with Gasteiger partial charge in [0.25, 0.3) is 0 Å². The molecule has 2 aromatic carbocycles. The van der Waals surface area contributed by atoms with Gasteiger partial charge in [0.2, 0.25) is 0 Å². The third kappa shape index (κ3) is 4.96. The van der Waals surface area contributed by atoms with E-state index in [0.29, 0.717) is 17.3 Å². The van der Waals surface area contributed by atoms with Crippen molar-refractivity contribution in [1.29, 1.82) is 0 Å². The summed E-state index contributed by atoms with van der Waals surface area (Å²) in [5.41, 5.74) is 3.42. The van der Waals surface area contributed by atoms with Gasteiger partial charge in [-0.05, 0) is 43.7 Å². The van der Waals surface area contributed by atoms with E-state index < -0.39 is 6.10 Å². The molecule has 0 bridgehead atoms. The summed E-state index contributed by atoms with van der Waals surface area (Å²) in [4.78, 5) is 0. The van der Waals surface area contributed by atoms with Crippen LogP contribution < -0.4 is 10.1 Å². The molecule has 21 heavy (non-hydrogen) atoms. The highest BCUT2D eigenvalue weighted by molar-refractivity contribution is 6.30. The van der Waals surface area contributed by atoms with Gasteiger partial charge in [-0.15, -0.1) is 0 Å². The van der Waals surface area contributed by atoms with Gasteiger partial charge in [-0.2, -0.15) is 0 Å². The molecule has 3 nitrogen and oxygen atoms in total. The number of ether oxygens (including phenoxy) is 1. The monoisotopic (exact) mass is 305 g/mol. The van der Waals surface area contributed by atoms with Crippen molar-refractivity contribution in [1.82, 2.24) is 0 Å². The number of anilines is 1. The first-order valence-corrected chi connectivity index (χ1v) is 7.30. The number of aryl methyl sites for hydroxylation is 2. The van der Waals surface area contributed by atoms with Crippen LogP contribution in [-0.4, -0.2) is 24.4 Å². The Morgan fingerprint density at radius 2 is 2.00 bits per heavy atom. The summed E-state index contributed by atoms with van der Waals surface area (Å²) in [5, 5.41) is 13.8. The molecule has 0 aromatic heterocycles. The molecule has 0 aliphatic rings. The Hall–Kier alpha value is -1.71. The maximum Gasteiger partial charge on any atom is 0.120 e. The quantitative estimate of drug-likeness (QED) is 0.853. The average Bonchev–Trinajstić information content (AvgIpc) is 2.44. The first-order valence-electron chi connectivity index (χ1n) is 6.92. The van der Waals surface area contributed by atoms with Gasteiger partial charge in [0, 0.05) is 17.3 Å². The highest BCUT2D eigenvalue weighted by Crippen LogP contribution is 2.18. The van der Waals surface area contributed by atoms with Crippen LogP contribution in [0.3, 0.4) is 0 Å². The summed E-state index contributed by atoms with van der Waals surface area (Å²) < 4.78 is 5.51. The Kier molecular flexibility index (Phi) is 5.48. The third-order valence-electron chi connectivity index (χ3n) is 3.15. The van der Waals surface area contributed by atoms with E-state index in [1.807, 2.05) is 31.2 Å². The molecule has 1 atom stereocenters. The van der Waals surface area contributed by atoms with Crippen LogP contribution in [0.25, 0.3) is 0 Å². The molecule has 0 fully saturated rings. The normalized spacial score (nSPS) is 12.0. The van der Waals surface area contributed by atoms with E-state index in [2.05, 4.69) is 18.3 Å². The molecule has 0 aliphatic carbocycles. The smallest absolute Gasteiger partial charge is 0.120 e. The second kappa shape index (κ2) is 7.34. The van der Waals surface area contributed by atoms with Gasteiger partial charge in [-0.3, -0.25) is 0 Å². The van der Waals surface area contributed by atoms with E-state index in [4.69, 9.17) is 16.3 Å². The molecule has 1 unspecified atom stereocenters. The van der Waals surface area contributed by atoms with Crippen molar-refractivity contribution in [2.24, 2.45) is 0 Å². The number of hydrogen-bond acceptors (Lipinski definition) is 3. The minimum atomic E-state index is -0.593. The molecular formula is C17H20ClNO2. The lowest BCUT2D eigenvalue weighted by molar-refractivity contribution is 0.117. The minimum absolute atomic E-state index is 0.220. The van der Waals surface area contributed by atoms with Crippen LogP contribution in [0.5, 0.6) is 5.75 Å². The van der Waals surface area contributed by atoms with E-state index in [1.165, 1.54) is 5.56 Å². The van der Waals surface area contributed by atoms with Crippen LogP contribution in [0.4, 0.5) is 5.69 Å². The molecule has 2 rings (SSSR count). The second-order valence-electron chi connectivity index (χ2n) is 5.12. The molecule has 0 saturated heterocycles. The van der Waals surface area contributed by atoms with Crippen LogP contribution in [0.2, 0.25) is 5.02 Å². The van der Waals surface area contributed by atoms with Gasteiger partial charge < -0.3 is 15.2 Å². The van der Waals surface area contributed by atoms with Crippen LogP contribution in [0.15, 0.2) is 42.5 Å². The number of nitrogens with one attached hydrogen (secondary N) is 1. The fourth-order valence-electron chi connectivity index (χ4n) is 2.05. The molecule has 0 saturated carbocycles. The molecule has 2 aromatic rings. The third-order valence-corrected chi connectivity index (χ3v) is 3.38. The molecule has 4 heteroatoms. The zero-order chi connectivity index (χ0) is 15.2. The molecule has 2 N–H and O–H groups in total. The number of halogens is 1. The van der Waals surface area contributed by atoms with Crippen molar-refractivity contribution in [3.63, 3.8) is 0 Å². The highest BCUT2D eigenvalue weighted by atomic mass is 35.5. The lowest BCUT2D eigenvalue weighted by Crippen LogP contribution is -2.26. The molecule has 0 aliphatic heterocycles. The summed E-state index contributed by atoms with van der Waals surface area (Å²) in [7, 11) is 0. The van der Waals surface area contributed by atoms with E-state index in [-0.39, 0.29) is 6.61 Å². The molecule has 0 radical (unpaired) electrons. The van der Waals surface area contributed by atoms with Crippen molar-refractivity contribution in [3.8, 4) is 5.75 Å². The van der Waals surface area contributed by atoms with Gasteiger partial charge in [0.1, 0.15) is 18.5 Å². The fraction of sp³-hybridized carbons (Fsp3) is 0.294. The van der Waals surface area contributed by atoms with E-state index in [9.17, 15) is 5.11 Å². The Morgan fingerprint density at radius 1 is 1.19 bits per heavy atom. The topological polar surface area (TPSA) is 41.5 Å². The fourth-order valence-corrected chi connectivity index (χ4v) is 2.23. The van der Waals surface area contributed by atoms with Gasteiger partial charge in [0.15, 0.2) is 0 Å².